The largest absolute Gasteiger partial charge is 0.352 e. The van der Waals surface area contributed by atoms with Gasteiger partial charge in [0.25, 0.3) is 0 Å². The summed E-state index contributed by atoms with van der Waals surface area (Å²) in [6, 6.07) is 12.4. The van der Waals surface area contributed by atoms with Gasteiger partial charge in [-0.3, -0.25) is 9.59 Å². The van der Waals surface area contributed by atoms with E-state index in [4.69, 9.17) is 11.6 Å². The summed E-state index contributed by atoms with van der Waals surface area (Å²) >= 11 is 6.20. The average molecular weight is 405 g/mol. The van der Waals surface area contributed by atoms with Gasteiger partial charge in [0.05, 0.1) is 6.42 Å². The van der Waals surface area contributed by atoms with Crippen molar-refractivity contribution in [3.63, 3.8) is 0 Å². The molecule has 0 bridgehead atoms. The molecule has 2 aromatic carbocycles. The molecular weight excluding hydrogens is 379 g/mol. The third-order valence-electron chi connectivity index (χ3n) is 4.38. The van der Waals surface area contributed by atoms with Gasteiger partial charge in [-0.05, 0) is 49.6 Å². The van der Waals surface area contributed by atoms with Crippen molar-refractivity contribution in [1.29, 1.82) is 0 Å². The molecule has 2 rings (SSSR count). The minimum absolute atomic E-state index is 0.0344. The summed E-state index contributed by atoms with van der Waals surface area (Å²) in [5, 5.41) is 3.39. The fraction of sp³-hybridized carbons (Fsp3) is 0.364. The van der Waals surface area contributed by atoms with Crippen molar-refractivity contribution < 1.29 is 14.0 Å². The van der Waals surface area contributed by atoms with Crippen LogP contribution in [-0.4, -0.2) is 28.8 Å². The molecule has 1 unspecified atom stereocenters. The van der Waals surface area contributed by atoms with Gasteiger partial charge in [-0.25, -0.2) is 4.39 Å². The molecule has 0 radical (unpaired) electrons. The highest BCUT2D eigenvalue weighted by Gasteiger charge is 2.29. The Balaban J connectivity index is 2.30. The van der Waals surface area contributed by atoms with E-state index in [-0.39, 0.29) is 36.6 Å². The highest BCUT2D eigenvalue weighted by atomic mass is 35.5. The van der Waals surface area contributed by atoms with Gasteiger partial charge in [-0.2, -0.15) is 0 Å². The normalized spacial score (nSPS) is 11.9. The van der Waals surface area contributed by atoms with E-state index >= 15 is 0 Å². The fourth-order valence-electron chi connectivity index (χ4n) is 2.99. The molecule has 150 valence electrons. The predicted octanol–water partition coefficient (Wildman–Crippen LogP) is 4.35. The number of carbonyl (C=O) groups excluding carboxylic acids is 2. The summed E-state index contributed by atoms with van der Waals surface area (Å²) in [6.07, 6.45) is 0.556. The number of amides is 2. The van der Waals surface area contributed by atoms with Crippen LogP contribution in [0.4, 0.5) is 4.39 Å². The molecule has 0 aliphatic carbocycles. The Morgan fingerprint density at radius 1 is 1.11 bits per heavy atom. The predicted molar refractivity (Wildman–Crippen MR) is 109 cm³/mol. The molecular formula is C22H26ClFN2O2. The zero-order valence-electron chi connectivity index (χ0n) is 16.4. The molecule has 0 fully saturated rings. The van der Waals surface area contributed by atoms with Crippen LogP contribution in [0.5, 0.6) is 0 Å². The fourth-order valence-corrected chi connectivity index (χ4v) is 3.20. The standard InChI is InChI=1S/C22H26ClFN2O2/c1-4-20(22(28)25-15(2)3)26(14-16-9-11-18(24)12-10-16)21(27)13-17-7-5-6-8-19(17)23/h5-12,15,20H,4,13-14H2,1-3H3,(H,25,28). The SMILES string of the molecule is CCC(C(=O)NC(C)C)N(Cc1ccc(F)cc1)C(=O)Cc1ccccc1Cl. The molecule has 4 nitrogen and oxygen atoms in total. The molecule has 2 amide bonds. The van der Waals surface area contributed by atoms with Gasteiger partial charge in [0, 0.05) is 17.6 Å². The summed E-state index contributed by atoms with van der Waals surface area (Å²) in [6.45, 7) is 5.83. The van der Waals surface area contributed by atoms with Crippen LogP contribution in [0.15, 0.2) is 48.5 Å². The second kappa shape index (κ2) is 10.2. The van der Waals surface area contributed by atoms with Crippen LogP contribution in [0, 0.1) is 5.82 Å². The molecule has 0 spiro atoms. The van der Waals surface area contributed by atoms with Crippen LogP contribution < -0.4 is 5.32 Å². The monoisotopic (exact) mass is 404 g/mol. The van der Waals surface area contributed by atoms with Crippen LogP contribution >= 0.6 is 11.6 Å². The Labute approximate surface area is 170 Å². The Hall–Kier alpha value is -2.40. The van der Waals surface area contributed by atoms with Gasteiger partial charge in [-0.15, -0.1) is 0 Å². The van der Waals surface area contributed by atoms with E-state index in [1.165, 1.54) is 12.1 Å². The van der Waals surface area contributed by atoms with Crippen molar-refractivity contribution in [3.05, 3.63) is 70.5 Å². The molecule has 0 heterocycles. The van der Waals surface area contributed by atoms with Gasteiger partial charge < -0.3 is 10.2 Å². The van der Waals surface area contributed by atoms with Crippen molar-refractivity contribution in [2.75, 3.05) is 0 Å². The molecule has 0 saturated carbocycles. The second-order valence-electron chi connectivity index (χ2n) is 7.00. The van der Waals surface area contributed by atoms with Crippen molar-refractivity contribution >= 4 is 23.4 Å². The van der Waals surface area contributed by atoms with Crippen LogP contribution in [0.3, 0.4) is 0 Å². The van der Waals surface area contributed by atoms with E-state index in [0.29, 0.717) is 17.0 Å². The lowest BCUT2D eigenvalue weighted by molar-refractivity contribution is -0.141. The summed E-state index contributed by atoms with van der Waals surface area (Å²) in [7, 11) is 0. The third kappa shape index (κ3) is 6.06. The Morgan fingerprint density at radius 2 is 1.75 bits per heavy atom. The highest BCUT2D eigenvalue weighted by molar-refractivity contribution is 6.31. The summed E-state index contributed by atoms with van der Waals surface area (Å²) in [5.41, 5.74) is 1.46. The molecule has 1 atom stereocenters. The van der Waals surface area contributed by atoms with Crippen LogP contribution in [0.25, 0.3) is 0 Å². The van der Waals surface area contributed by atoms with Gasteiger partial charge in [0.1, 0.15) is 11.9 Å². The maximum atomic E-state index is 13.3. The maximum absolute atomic E-state index is 13.3. The van der Waals surface area contributed by atoms with Gasteiger partial charge in [-0.1, -0.05) is 48.9 Å². The average Bonchev–Trinajstić information content (AvgIpc) is 2.64. The van der Waals surface area contributed by atoms with Crippen molar-refractivity contribution in [2.45, 2.75) is 52.2 Å². The second-order valence-corrected chi connectivity index (χ2v) is 7.41. The Bertz CT molecular complexity index is 808. The Kier molecular flexibility index (Phi) is 8.00. The molecule has 0 aliphatic heterocycles. The van der Waals surface area contributed by atoms with Crippen molar-refractivity contribution in [2.24, 2.45) is 0 Å². The third-order valence-corrected chi connectivity index (χ3v) is 4.75. The smallest absolute Gasteiger partial charge is 0.243 e. The van der Waals surface area contributed by atoms with Gasteiger partial charge in [0.2, 0.25) is 11.8 Å². The first-order chi connectivity index (χ1) is 13.3. The molecule has 28 heavy (non-hydrogen) atoms. The number of benzene rings is 2. The summed E-state index contributed by atoms with van der Waals surface area (Å²) in [4.78, 5) is 27.4. The quantitative estimate of drug-likeness (QED) is 0.710. The van der Waals surface area contributed by atoms with Gasteiger partial charge >= 0.3 is 0 Å². The zero-order valence-corrected chi connectivity index (χ0v) is 17.2. The minimum atomic E-state index is -0.623. The molecule has 2 aromatic rings. The van der Waals surface area contributed by atoms with E-state index in [1.54, 1.807) is 35.2 Å². The lowest BCUT2D eigenvalue weighted by Crippen LogP contribution is -2.50. The first-order valence-electron chi connectivity index (χ1n) is 9.39. The van der Waals surface area contributed by atoms with Crippen LogP contribution in [0.2, 0.25) is 5.02 Å². The highest BCUT2D eigenvalue weighted by Crippen LogP contribution is 2.19. The topological polar surface area (TPSA) is 49.4 Å². The van der Waals surface area contributed by atoms with E-state index in [0.717, 1.165) is 5.56 Å². The van der Waals surface area contributed by atoms with Crippen molar-refractivity contribution in [1.82, 2.24) is 10.2 Å². The van der Waals surface area contributed by atoms with Crippen LogP contribution in [-0.2, 0) is 22.6 Å². The first-order valence-corrected chi connectivity index (χ1v) is 9.77. The van der Waals surface area contributed by atoms with E-state index in [9.17, 15) is 14.0 Å². The molecule has 0 aliphatic rings. The van der Waals surface area contributed by atoms with Crippen LogP contribution in [0.1, 0.15) is 38.3 Å². The van der Waals surface area contributed by atoms with E-state index in [2.05, 4.69) is 5.32 Å². The molecule has 1 N–H and O–H groups in total. The lowest BCUT2D eigenvalue weighted by Gasteiger charge is -2.31. The summed E-state index contributed by atoms with van der Waals surface area (Å²) in [5.74, 6) is -0.752. The number of nitrogens with one attached hydrogen (secondary N) is 1. The molecule has 0 aromatic heterocycles. The zero-order chi connectivity index (χ0) is 20.7. The Morgan fingerprint density at radius 3 is 2.32 bits per heavy atom. The van der Waals surface area contributed by atoms with Gasteiger partial charge in [0.15, 0.2) is 0 Å². The first kappa shape index (κ1) is 21.9. The minimum Gasteiger partial charge on any atom is -0.352 e. The number of carbonyl (C=O) groups is 2. The van der Waals surface area contributed by atoms with E-state index < -0.39 is 6.04 Å². The molecule has 6 heteroatoms. The number of nitrogens with zero attached hydrogens (tertiary/aromatic N) is 1. The number of halogens is 2. The van der Waals surface area contributed by atoms with Crippen molar-refractivity contribution in [3.8, 4) is 0 Å². The number of rotatable bonds is 8. The van der Waals surface area contributed by atoms with E-state index in [1.807, 2.05) is 26.8 Å². The molecule has 0 saturated heterocycles. The maximum Gasteiger partial charge on any atom is 0.243 e. The lowest BCUT2D eigenvalue weighted by atomic mass is 10.1. The summed E-state index contributed by atoms with van der Waals surface area (Å²) < 4.78 is 13.3. The number of hydrogen-bond donors (Lipinski definition) is 1. The number of hydrogen-bond acceptors (Lipinski definition) is 2.